The van der Waals surface area contributed by atoms with E-state index in [1.807, 2.05) is 0 Å². The highest BCUT2D eigenvalue weighted by Crippen LogP contribution is 2.26. The quantitative estimate of drug-likeness (QED) is 0.814. The van der Waals surface area contributed by atoms with Crippen molar-refractivity contribution in [2.75, 3.05) is 5.73 Å². The van der Waals surface area contributed by atoms with Crippen molar-refractivity contribution in [3.05, 3.63) is 47.9 Å². The Morgan fingerprint density at radius 2 is 1.88 bits per heavy atom. The number of alkyl halides is 1. The first-order valence-corrected chi connectivity index (χ1v) is 5.32. The molecule has 0 atom stereocenters. The lowest BCUT2D eigenvalue weighted by molar-refractivity contribution is 0.631. The summed E-state index contributed by atoms with van der Waals surface area (Å²) in [5.41, 5.74) is 7.32. The molecule has 2 rings (SSSR count). The Balaban J connectivity index is 2.60. The van der Waals surface area contributed by atoms with E-state index < -0.39 is 0 Å². The number of halogens is 2. The minimum atomic E-state index is -0.291. The minimum absolute atomic E-state index is 0.203. The molecule has 0 bridgehead atoms. The summed E-state index contributed by atoms with van der Waals surface area (Å²) in [5, 5.41) is 0. The van der Waals surface area contributed by atoms with Gasteiger partial charge in [0.15, 0.2) is 0 Å². The monoisotopic (exact) mass is 236 g/mol. The van der Waals surface area contributed by atoms with Crippen LogP contribution in [0.3, 0.4) is 0 Å². The summed E-state index contributed by atoms with van der Waals surface area (Å²) in [6.45, 7) is 0. The maximum Gasteiger partial charge on any atom is 0.131 e. The molecular weight excluding hydrogens is 227 g/mol. The lowest BCUT2D eigenvalue weighted by atomic mass is 10.0. The van der Waals surface area contributed by atoms with E-state index in [2.05, 4.69) is 4.98 Å². The number of hydrogen-bond donors (Lipinski definition) is 1. The molecule has 1 aromatic carbocycles. The molecule has 0 spiro atoms. The van der Waals surface area contributed by atoms with Gasteiger partial charge in [-0.25, -0.2) is 9.37 Å². The molecule has 82 valence electrons. The van der Waals surface area contributed by atoms with E-state index in [-0.39, 0.29) is 11.7 Å². The van der Waals surface area contributed by atoms with Crippen LogP contribution in [0.5, 0.6) is 0 Å². The first-order valence-electron chi connectivity index (χ1n) is 4.78. The summed E-state index contributed by atoms with van der Waals surface area (Å²) in [7, 11) is 0. The highest BCUT2D eigenvalue weighted by Gasteiger charge is 2.09. The Hall–Kier alpha value is -1.61. The van der Waals surface area contributed by atoms with E-state index in [0.717, 1.165) is 0 Å². The number of benzene rings is 1. The van der Waals surface area contributed by atoms with Crippen molar-refractivity contribution in [1.82, 2.24) is 4.98 Å². The van der Waals surface area contributed by atoms with Crippen LogP contribution < -0.4 is 5.73 Å². The van der Waals surface area contributed by atoms with Crippen molar-refractivity contribution < 1.29 is 4.39 Å². The van der Waals surface area contributed by atoms with Crippen molar-refractivity contribution in [2.45, 2.75) is 5.88 Å². The second-order valence-corrected chi connectivity index (χ2v) is 3.61. The predicted octanol–water partition coefficient (Wildman–Crippen LogP) is 3.21. The average molecular weight is 237 g/mol. The summed E-state index contributed by atoms with van der Waals surface area (Å²) in [6.07, 6.45) is 0. The predicted molar refractivity (Wildman–Crippen MR) is 63.6 cm³/mol. The van der Waals surface area contributed by atoms with Crippen LogP contribution in [0.25, 0.3) is 11.1 Å². The lowest BCUT2D eigenvalue weighted by Crippen LogP contribution is -1.97. The molecule has 16 heavy (non-hydrogen) atoms. The standard InChI is InChI=1S/C12H10ClFN2/c13-7-11-9(5-6-12(15)16-11)8-3-1-2-4-10(8)14/h1-6H,7H2,(H2,15,16). The molecule has 0 aliphatic rings. The number of pyridine rings is 1. The van der Waals surface area contributed by atoms with Gasteiger partial charge in [-0.15, -0.1) is 11.6 Å². The van der Waals surface area contributed by atoms with Crippen LogP contribution in [0.2, 0.25) is 0 Å². The van der Waals surface area contributed by atoms with Crippen molar-refractivity contribution in [3.8, 4) is 11.1 Å². The van der Waals surface area contributed by atoms with Gasteiger partial charge in [-0.1, -0.05) is 18.2 Å². The summed E-state index contributed by atoms with van der Waals surface area (Å²) >= 11 is 5.77. The number of aromatic nitrogens is 1. The molecule has 0 fully saturated rings. The summed E-state index contributed by atoms with van der Waals surface area (Å²) in [6, 6.07) is 9.88. The fraction of sp³-hybridized carbons (Fsp3) is 0.0833. The van der Waals surface area contributed by atoms with Crippen molar-refractivity contribution in [3.63, 3.8) is 0 Å². The zero-order chi connectivity index (χ0) is 11.5. The van der Waals surface area contributed by atoms with Crippen LogP contribution in [-0.4, -0.2) is 4.98 Å². The van der Waals surface area contributed by atoms with Gasteiger partial charge in [0.1, 0.15) is 11.6 Å². The van der Waals surface area contributed by atoms with Gasteiger partial charge in [0.05, 0.1) is 11.6 Å². The van der Waals surface area contributed by atoms with E-state index >= 15 is 0 Å². The van der Waals surface area contributed by atoms with Gasteiger partial charge in [0.2, 0.25) is 0 Å². The van der Waals surface area contributed by atoms with E-state index in [4.69, 9.17) is 17.3 Å². The first kappa shape index (κ1) is 10.9. The molecule has 0 amide bonds. The Labute approximate surface area is 97.9 Å². The van der Waals surface area contributed by atoms with Crippen LogP contribution >= 0.6 is 11.6 Å². The van der Waals surface area contributed by atoms with Crippen LogP contribution in [0.1, 0.15) is 5.69 Å². The SMILES string of the molecule is Nc1ccc(-c2ccccc2F)c(CCl)n1. The Morgan fingerprint density at radius 3 is 2.56 bits per heavy atom. The van der Waals surface area contributed by atoms with Crippen LogP contribution in [0.4, 0.5) is 10.2 Å². The maximum atomic E-state index is 13.6. The average Bonchev–Trinajstić information content (AvgIpc) is 2.30. The molecule has 0 saturated heterocycles. The molecule has 2 nitrogen and oxygen atoms in total. The topological polar surface area (TPSA) is 38.9 Å². The highest BCUT2D eigenvalue weighted by atomic mass is 35.5. The van der Waals surface area contributed by atoms with Crippen molar-refractivity contribution in [2.24, 2.45) is 0 Å². The third-order valence-corrected chi connectivity index (χ3v) is 2.54. The van der Waals surface area contributed by atoms with Gasteiger partial charge in [-0.05, 0) is 18.2 Å². The van der Waals surface area contributed by atoms with Gasteiger partial charge in [0.25, 0.3) is 0 Å². The molecule has 0 saturated carbocycles. The molecule has 1 aromatic heterocycles. The largest absolute Gasteiger partial charge is 0.384 e. The molecule has 0 aliphatic carbocycles. The molecule has 4 heteroatoms. The number of nitrogen functional groups attached to an aromatic ring is 1. The Bertz CT molecular complexity index is 514. The highest BCUT2D eigenvalue weighted by molar-refractivity contribution is 6.17. The van der Waals surface area contributed by atoms with Crippen LogP contribution in [0, 0.1) is 5.82 Å². The first-order chi connectivity index (χ1) is 7.72. The third-order valence-electron chi connectivity index (χ3n) is 2.29. The lowest BCUT2D eigenvalue weighted by Gasteiger charge is -2.08. The van der Waals surface area contributed by atoms with Gasteiger partial charge < -0.3 is 5.73 Å². The smallest absolute Gasteiger partial charge is 0.131 e. The molecule has 0 unspecified atom stereocenters. The summed E-state index contributed by atoms with van der Waals surface area (Å²) in [5.74, 6) is 0.297. The normalized spacial score (nSPS) is 10.4. The number of hydrogen-bond acceptors (Lipinski definition) is 2. The fourth-order valence-electron chi connectivity index (χ4n) is 1.54. The Morgan fingerprint density at radius 1 is 1.12 bits per heavy atom. The number of nitrogens with zero attached hydrogens (tertiary/aromatic N) is 1. The molecular formula is C12H10ClFN2. The molecule has 1 heterocycles. The maximum absolute atomic E-state index is 13.6. The zero-order valence-corrected chi connectivity index (χ0v) is 9.21. The zero-order valence-electron chi connectivity index (χ0n) is 8.45. The molecule has 2 N–H and O–H groups in total. The van der Waals surface area contributed by atoms with Crippen molar-refractivity contribution >= 4 is 17.4 Å². The van der Waals surface area contributed by atoms with Gasteiger partial charge in [-0.2, -0.15) is 0 Å². The van der Waals surface area contributed by atoms with E-state index in [0.29, 0.717) is 22.6 Å². The number of nitrogens with two attached hydrogens (primary N) is 1. The van der Waals surface area contributed by atoms with Gasteiger partial charge in [-0.3, -0.25) is 0 Å². The second-order valence-electron chi connectivity index (χ2n) is 3.34. The molecule has 0 aliphatic heterocycles. The van der Waals surface area contributed by atoms with E-state index in [1.165, 1.54) is 6.07 Å². The van der Waals surface area contributed by atoms with E-state index in [9.17, 15) is 4.39 Å². The Kier molecular flexibility index (Phi) is 3.06. The molecule has 2 aromatic rings. The number of rotatable bonds is 2. The summed E-state index contributed by atoms with van der Waals surface area (Å²) in [4.78, 5) is 4.09. The fourth-order valence-corrected chi connectivity index (χ4v) is 1.75. The van der Waals surface area contributed by atoms with Crippen LogP contribution in [-0.2, 0) is 5.88 Å². The van der Waals surface area contributed by atoms with E-state index in [1.54, 1.807) is 30.3 Å². The number of anilines is 1. The third kappa shape index (κ3) is 1.99. The van der Waals surface area contributed by atoms with Crippen LogP contribution in [0.15, 0.2) is 36.4 Å². The minimum Gasteiger partial charge on any atom is -0.384 e. The second kappa shape index (κ2) is 4.49. The molecule has 0 radical (unpaired) electrons. The summed E-state index contributed by atoms with van der Waals surface area (Å²) < 4.78 is 13.6. The van der Waals surface area contributed by atoms with Gasteiger partial charge >= 0.3 is 0 Å². The van der Waals surface area contributed by atoms with Crippen molar-refractivity contribution in [1.29, 1.82) is 0 Å². The van der Waals surface area contributed by atoms with Gasteiger partial charge in [0, 0.05) is 11.1 Å².